The Kier molecular flexibility index (Phi) is 24.7. The van der Waals surface area contributed by atoms with Crippen molar-refractivity contribution in [3.63, 3.8) is 0 Å². The number of esters is 1. The van der Waals surface area contributed by atoms with Crippen molar-refractivity contribution in [3.05, 3.63) is 29.8 Å². The number of rotatable bonds is 20. The van der Waals surface area contributed by atoms with Crippen LogP contribution in [0.25, 0.3) is 0 Å². The van der Waals surface area contributed by atoms with E-state index in [9.17, 15) is 24.0 Å². The van der Waals surface area contributed by atoms with Crippen LogP contribution in [-0.2, 0) is 33.4 Å². The number of halogens is 3. The van der Waals surface area contributed by atoms with E-state index in [1.54, 1.807) is 0 Å². The summed E-state index contributed by atoms with van der Waals surface area (Å²) in [4.78, 5) is 56.1. The first-order valence-corrected chi connectivity index (χ1v) is 15.1. The van der Waals surface area contributed by atoms with Crippen LogP contribution in [-0.4, -0.2) is 152 Å². The van der Waals surface area contributed by atoms with E-state index in [1.165, 1.54) is 47.9 Å². The fourth-order valence-electron chi connectivity index (χ4n) is 2.78. The SMILES string of the molecule is CC(C)(O)C(Cl)(Cl)Cl.CCCOC(=O)c1ccc(O)cc1.O=C(O)CN(CCOCCOCCN(CC(=O)O)CC(=O)O)CC(=O)O. The molecule has 0 aliphatic rings. The molecule has 1 aromatic carbocycles. The zero-order valence-electron chi connectivity index (χ0n) is 26.3. The highest BCUT2D eigenvalue weighted by molar-refractivity contribution is 6.68. The van der Waals surface area contributed by atoms with Crippen LogP contribution in [0.3, 0.4) is 0 Å². The number of carbonyl (C=O) groups is 5. The predicted molar refractivity (Wildman–Crippen MR) is 170 cm³/mol. The molecule has 16 nitrogen and oxygen atoms in total. The molecule has 270 valence electrons. The third kappa shape index (κ3) is 27.8. The molecule has 0 radical (unpaired) electrons. The second kappa shape index (κ2) is 25.1. The fraction of sp³-hybridized carbons (Fsp3) is 0.607. The van der Waals surface area contributed by atoms with Crippen LogP contribution < -0.4 is 0 Å². The molecule has 0 saturated heterocycles. The van der Waals surface area contributed by atoms with Gasteiger partial charge in [-0.2, -0.15) is 0 Å². The van der Waals surface area contributed by atoms with Gasteiger partial charge in [-0.25, -0.2) is 4.79 Å². The highest BCUT2D eigenvalue weighted by Gasteiger charge is 2.38. The smallest absolute Gasteiger partial charge is 0.338 e. The Morgan fingerprint density at radius 1 is 0.681 bits per heavy atom. The van der Waals surface area contributed by atoms with Crippen molar-refractivity contribution in [2.75, 3.05) is 72.3 Å². The van der Waals surface area contributed by atoms with Crippen LogP contribution in [0.4, 0.5) is 0 Å². The van der Waals surface area contributed by atoms with Crippen molar-refractivity contribution in [1.82, 2.24) is 9.80 Å². The Bertz CT molecular complexity index is 994. The second-order valence-electron chi connectivity index (χ2n) is 9.96. The summed E-state index contributed by atoms with van der Waals surface area (Å²) >= 11 is 15.9. The Morgan fingerprint density at radius 3 is 1.30 bits per heavy atom. The molecule has 0 aromatic heterocycles. The molecular weight excluding hydrogens is 695 g/mol. The molecule has 0 aliphatic carbocycles. The first-order valence-electron chi connectivity index (χ1n) is 13.9. The molecule has 0 atom stereocenters. The van der Waals surface area contributed by atoms with Crippen molar-refractivity contribution >= 4 is 64.6 Å². The summed E-state index contributed by atoms with van der Waals surface area (Å²) in [6.45, 7) is 4.44. The van der Waals surface area contributed by atoms with Gasteiger partial charge in [0.05, 0.1) is 64.8 Å². The molecule has 0 unspecified atom stereocenters. The number of hydrogen-bond donors (Lipinski definition) is 6. The highest BCUT2D eigenvalue weighted by atomic mass is 35.6. The fourth-order valence-corrected chi connectivity index (χ4v) is 2.78. The third-order valence-corrected chi connectivity index (χ3v) is 6.53. The molecule has 0 bridgehead atoms. The van der Waals surface area contributed by atoms with E-state index < -0.39 is 59.4 Å². The molecule has 0 spiro atoms. The largest absolute Gasteiger partial charge is 0.508 e. The summed E-state index contributed by atoms with van der Waals surface area (Å²) in [6, 6.07) is 5.99. The van der Waals surface area contributed by atoms with Gasteiger partial charge < -0.3 is 44.8 Å². The first kappa shape index (κ1) is 46.2. The average molecular weight is 738 g/mol. The zero-order chi connectivity index (χ0) is 36.6. The van der Waals surface area contributed by atoms with Gasteiger partial charge in [0.25, 0.3) is 0 Å². The summed E-state index contributed by atoms with van der Waals surface area (Å²) in [6.07, 6.45) is 0.809. The van der Waals surface area contributed by atoms with E-state index in [0.29, 0.717) is 12.2 Å². The molecule has 0 aliphatic heterocycles. The highest BCUT2D eigenvalue weighted by Crippen LogP contribution is 2.37. The van der Waals surface area contributed by atoms with E-state index in [2.05, 4.69) is 0 Å². The minimum Gasteiger partial charge on any atom is -0.508 e. The van der Waals surface area contributed by atoms with E-state index in [0.717, 1.165) is 6.42 Å². The van der Waals surface area contributed by atoms with Crippen LogP contribution in [0, 0.1) is 0 Å². The molecule has 1 aromatic rings. The molecule has 0 amide bonds. The van der Waals surface area contributed by atoms with Crippen molar-refractivity contribution in [2.45, 2.75) is 36.6 Å². The minimum atomic E-state index is -1.59. The maximum atomic E-state index is 11.2. The predicted octanol–water partition coefficient (Wildman–Crippen LogP) is 2.05. The number of carboxylic acids is 4. The molecule has 47 heavy (non-hydrogen) atoms. The molecule has 1 rings (SSSR count). The van der Waals surface area contributed by atoms with Crippen molar-refractivity contribution in [3.8, 4) is 5.75 Å². The lowest BCUT2D eigenvalue weighted by Gasteiger charge is -2.25. The monoisotopic (exact) mass is 736 g/mol. The number of carbonyl (C=O) groups excluding carboxylic acids is 1. The Labute approximate surface area is 287 Å². The second-order valence-corrected chi connectivity index (χ2v) is 12.2. The van der Waals surface area contributed by atoms with Gasteiger partial charge in [0.15, 0.2) is 0 Å². The van der Waals surface area contributed by atoms with Crippen LogP contribution in [0.2, 0.25) is 0 Å². The summed E-state index contributed by atoms with van der Waals surface area (Å²) < 4.78 is 13.7. The van der Waals surface area contributed by atoms with Crippen LogP contribution in [0.5, 0.6) is 5.75 Å². The number of aromatic hydroxyl groups is 1. The Morgan fingerprint density at radius 2 is 1.02 bits per heavy atom. The number of hydrogen-bond acceptors (Lipinski definition) is 12. The molecule has 6 N–H and O–H groups in total. The third-order valence-electron chi connectivity index (χ3n) is 5.15. The first-order chi connectivity index (χ1) is 21.7. The lowest BCUT2D eigenvalue weighted by molar-refractivity contribution is -0.144. The number of nitrogens with zero attached hydrogens (tertiary/aromatic N) is 2. The molecule has 0 saturated carbocycles. The normalized spacial score (nSPS) is 11.2. The number of benzene rings is 1. The standard InChI is InChI=1S/C14H24N2O10.C10H12O3.C4H7Cl3O/c17-11(18)7-15(8-12(19)20)1-3-25-5-6-26-4-2-16(9-13(21)22)10-14(23)24;1-2-7-13-10(12)8-3-5-9(11)6-4-8;1-3(2,8)4(5,6)7/h1-10H2,(H,17,18)(H,19,20)(H,21,22)(H,23,24);3-6,11H,2,7H2,1H3;8H,1-2H3. The molecular formula is C28H43Cl3N2O14. The molecule has 0 fully saturated rings. The van der Waals surface area contributed by atoms with Crippen molar-refractivity contribution < 1.29 is 68.8 Å². The Balaban J connectivity index is 0. The number of phenols is 1. The number of alkyl halides is 3. The lowest BCUT2D eigenvalue weighted by atomic mass is 10.2. The van der Waals surface area contributed by atoms with Crippen LogP contribution in [0.15, 0.2) is 24.3 Å². The van der Waals surface area contributed by atoms with Gasteiger partial charge in [-0.05, 0) is 44.5 Å². The summed E-state index contributed by atoms with van der Waals surface area (Å²) in [7, 11) is 0. The van der Waals surface area contributed by atoms with Crippen LogP contribution in [0.1, 0.15) is 37.6 Å². The quantitative estimate of drug-likeness (QED) is 0.0637. The van der Waals surface area contributed by atoms with Crippen molar-refractivity contribution in [2.24, 2.45) is 0 Å². The minimum absolute atomic E-state index is 0.119. The van der Waals surface area contributed by atoms with Gasteiger partial charge >= 0.3 is 29.8 Å². The number of ether oxygens (including phenoxy) is 3. The number of carboxylic acid groups (broad SMARTS) is 4. The lowest BCUT2D eigenvalue weighted by Crippen LogP contribution is -2.37. The van der Waals surface area contributed by atoms with Gasteiger partial charge in [0.1, 0.15) is 11.4 Å². The van der Waals surface area contributed by atoms with Gasteiger partial charge in [0.2, 0.25) is 3.79 Å². The van der Waals surface area contributed by atoms with Gasteiger partial charge in [-0.1, -0.05) is 41.7 Å². The number of aliphatic carboxylic acids is 4. The summed E-state index contributed by atoms with van der Waals surface area (Å²) in [5, 5.41) is 52.6. The maximum Gasteiger partial charge on any atom is 0.338 e. The molecule has 19 heteroatoms. The molecule has 0 heterocycles. The number of phenolic OH excluding ortho intramolecular Hbond substituents is 1. The van der Waals surface area contributed by atoms with E-state index >= 15 is 0 Å². The topological polar surface area (TPSA) is 241 Å². The van der Waals surface area contributed by atoms with Gasteiger partial charge in [0, 0.05) is 13.1 Å². The van der Waals surface area contributed by atoms with Crippen LogP contribution >= 0.6 is 34.8 Å². The van der Waals surface area contributed by atoms with Crippen molar-refractivity contribution in [1.29, 1.82) is 0 Å². The van der Waals surface area contributed by atoms with E-state index in [1.807, 2.05) is 6.92 Å². The zero-order valence-corrected chi connectivity index (χ0v) is 28.5. The average Bonchev–Trinajstić information content (AvgIpc) is 2.91. The Hall–Kier alpha value is -2.96. The van der Waals surface area contributed by atoms with Gasteiger partial charge in [-0.3, -0.25) is 29.0 Å². The summed E-state index contributed by atoms with van der Waals surface area (Å²) in [5.41, 5.74) is -0.802. The summed E-state index contributed by atoms with van der Waals surface area (Å²) in [5.74, 6) is -4.75. The van der Waals surface area contributed by atoms with Gasteiger partial charge in [-0.15, -0.1) is 0 Å². The van der Waals surface area contributed by atoms with E-state index in [4.69, 9.17) is 79.7 Å². The number of aliphatic hydroxyl groups is 1. The van der Waals surface area contributed by atoms with E-state index in [-0.39, 0.29) is 51.2 Å². The maximum absolute atomic E-state index is 11.2.